The van der Waals surface area contributed by atoms with Crippen LogP contribution in [0.2, 0.25) is 5.02 Å². The fourth-order valence-electron chi connectivity index (χ4n) is 2.52. The number of nitrogens with one attached hydrogen (secondary N) is 1. The molecule has 1 N–H and O–H groups in total. The molecule has 21 heavy (non-hydrogen) atoms. The number of aryl methyl sites for hydroxylation is 1. The molecular formula is C17H15BrClNO. The van der Waals surface area contributed by atoms with Crippen molar-refractivity contribution >= 4 is 39.1 Å². The van der Waals surface area contributed by atoms with Gasteiger partial charge >= 0.3 is 0 Å². The van der Waals surface area contributed by atoms with Gasteiger partial charge in [-0.05, 0) is 58.5 Å². The first-order valence-electron chi connectivity index (χ1n) is 6.87. The first kappa shape index (κ1) is 14.6. The molecule has 2 atom stereocenters. The summed E-state index contributed by atoms with van der Waals surface area (Å²) in [5.74, 6) is 0.453. The van der Waals surface area contributed by atoms with Crippen LogP contribution in [-0.2, 0) is 4.79 Å². The molecule has 1 amide bonds. The third-order valence-corrected chi connectivity index (χ3v) is 4.92. The summed E-state index contributed by atoms with van der Waals surface area (Å²) in [6.45, 7) is 1.94. The van der Waals surface area contributed by atoms with E-state index in [1.54, 1.807) is 6.07 Å². The molecule has 0 radical (unpaired) electrons. The average Bonchev–Trinajstić information content (AvgIpc) is 3.26. The minimum Gasteiger partial charge on any atom is -0.325 e. The Balaban J connectivity index is 1.70. The van der Waals surface area contributed by atoms with Crippen LogP contribution in [0.5, 0.6) is 0 Å². The molecular weight excluding hydrogens is 350 g/mol. The molecule has 2 aromatic carbocycles. The highest BCUT2D eigenvalue weighted by Gasteiger charge is 2.43. The fraction of sp³-hybridized carbons (Fsp3) is 0.235. The van der Waals surface area contributed by atoms with E-state index >= 15 is 0 Å². The quantitative estimate of drug-likeness (QED) is 0.801. The van der Waals surface area contributed by atoms with E-state index in [9.17, 15) is 4.79 Å². The van der Waals surface area contributed by atoms with E-state index in [-0.39, 0.29) is 11.8 Å². The average molecular weight is 365 g/mol. The minimum atomic E-state index is 0.0550. The Morgan fingerprint density at radius 1 is 1.29 bits per heavy atom. The number of benzene rings is 2. The Morgan fingerprint density at radius 3 is 2.71 bits per heavy atom. The van der Waals surface area contributed by atoms with Gasteiger partial charge in [0.2, 0.25) is 5.91 Å². The van der Waals surface area contributed by atoms with E-state index in [0.29, 0.717) is 10.9 Å². The number of hydrogen-bond donors (Lipinski definition) is 1. The van der Waals surface area contributed by atoms with Crippen molar-refractivity contribution < 1.29 is 4.79 Å². The van der Waals surface area contributed by atoms with Gasteiger partial charge in [-0.2, -0.15) is 0 Å². The molecule has 2 nitrogen and oxygen atoms in total. The molecule has 1 fully saturated rings. The summed E-state index contributed by atoms with van der Waals surface area (Å²) in [7, 11) is 0. The summed E-state index contributed by atoms with van der Waals surface area (Å²) in [5.41, 5.74) is 2.95. The van der Waals surface area contributed by atoms with E-state index < -0.39 is 0 Å². The fourth-order valence-corrected chi connectivity index (χ4v) is 3.24. The lowest BCUT2D eigenvalue weighted by Gasteiger charge is -2.09. The monoisotopic (exact) mass is 363 g/mol. The van der Waals surface area contributed by atoms with Gasteiger partial charge < -0.3 is 5.32 Å². The Kier molecular flexibility index (Phi) is 4.05. The maximum atomic E-state index is 12.3. The summed E-state index contributed by atoms with van der Waals surface area (Å²) < 4.78 is 0.856. The molecule has 0 bridgehead atoms. The summed E-state index contributed by atoms with van der Waals surface area (Å²) in [6.07, 6.45) is 0.910. The van der Waals surface area contributed by atoms with Crippen LogP contribution in [0.15, 0.2) is 46.9 Å². The number of anilines is 1. The van der Waals surface area contributed by atoms with Crippen molar-refractivity contribution in [1.82, 2.24) is 0 Å². The number of carbonyl (C=O) groups excluding carboxylic acids is 1. The van der Waals surface area contributed by atoms with E-state index in [4.69, 9.17) is 11.6 Å². The molecule has 0 heterocycles. The lowest BCUT2D eigenvalue weighted by Crippen LogP contribution is -2.15. The first-order valence-corrected chi connectivity index (χ1v) is 8.05. The Morgan fingerprint density at radius 2 is 2.00 bits per heavy atom. The van der Waals surface area contributed by atoms with Crippen molar-refractivity contribution in [1.29, 1.82) is 0 Å². The zero-order chi connectivity index (χ0) is 15.0. The van der Waals surface area contributed by atoms with Crippen molar-refractivity contribution in [3.63, 3.8) is 0 Å². The van der Waals surface area contributed by atoms with Gasteiger partial charge in [0, 0.05) is 15.4 Å². The SMILES string of the molecule is Cc1cc(Br)c(NC(=O)C2CC2c2ccccc2)cc1Cl. The van der Waals surface area contributed by atoms with Crippen LogP contribution >= 0.6 is 27.5 Å². The van der Waals surface area contributed by atoms with Crippen LogP contribution in [0.3, 0.4) is 0 Å². The lowest BCUT2D eigenvalue weighted by atomic mass is 10.1. The highest BCUT2D eigenvalue weighted by molar-refractivity contribution is 9.10. The molecule has 4 heteroatoms. The second-order valence-corrected chi connectivity index (χ2v) is 6.69. The standard InChI is InChI=1S/C17H15BrClNO/c1-10-7-14(18)16(9-15(10)19)20-17(21)13-8-12(13)11-5-3-2-4-6-11/h2-7,9,12-13H,8H2,1H3,(H,20,21). The number of amides is 1. The van der Waals surface area contributed by atoms with Crippen LogP contribution in [0.4, 0.5) is 5.69 Å². The molecule has 0 aliphatic heterocycles. The van der Waals surface area contributed by atoms with Crippen molar-refractivity contribution in [2.24, 2.45) is 5.92 Å². The number of rotatable bonds is 3. The molecule has 1 aliphatic rings. The summed E-state index contributed by atoms with van der Waals surface area (Å²) in [5, 5.41) is 3.63. The largest absolute Gasteiger partial charge is 0.325 e. The maximum Gasteiger partial charge on any atom is 0.228 e. The van der Waals surface area contributed by atoms with Crippen LogP contribution in [0, 0.1) is 12.8 Å². The molecule has 1 saturated carbocycles. The van der Waals surface area contributed by atoms with Crippen LogP contribution in [0.1, 0.15) is 23.5 Å². The van der Waals surface area contributed by atoms with Gasteiger partial charge in [-0.15, -0.1) is 0 Å². The highest BCUT2D eigenvalue weighted by Crippen LogP contribution is 2.48. The van der Waals surface area contributed by atoms with Gasteiger partial charge in [0.05, 0.1) is 5.69 Å². The molecule has 2 unspecified atom stereocenters. The smallest absolute Gasteiger partial charge is 0.228 e. The molecule has 1 aliphatic carbocycles. The third kappa shape index (κ3) is 3.14. The predicted octanol–water partition coefficient (Wildman–Crippen LogP) is 5.15. The van der Waals surface area contributed by atoms with Crippen molar-refractivity contribution in [3.05, 3.63) is 63.1 Å². The van der Waals surface area contributed by atoms with Crippen LogP contribution < -0.4 is 5.32 Å². The van der Waals surface area contributed by atoms with Gasteiger partial charge in [-0.25, -0.2) is 0 Å². The Labute approximate surface area is 137 Å². The van der Waals surface area contributed by atoms with Crippen molar-refractivity contribution in [2.75, 3.05) is 5.32 Å². The second-order valence-electron chi connectivity index (χ2n) is 5.43. The van der Waals surface area contributed by atoms with Gasteiger partial charge in [0.25, 0.3) is 0 Å². The zero-order valence-corrected chi connectivity index (χ0v) is 13.9. The second kappa shape index (κ2) is 5.82. The minimum absolute atomic E-state index is 0.0550. The summed E-state index contributed by atoms with van der Waals surface area (Å²) in [4.78, 5) is 12.3. The lowest BCUT2D eigenvalue weighted by molar-refractivity contribution is -0.117. The number of carbonyl (C=O) groups is 1. The van der Waals surface area contributed by atoms with Gasteiger partial charge in [0.1, 0.15) is 0 Å². The molecule has 108 valence electrons. The first-order chi connectivity index (χ1) is 10.1. The number of hydrogen-bond acceptors (Lipinski definition) is 1. The van der Waals surface area contributed by atoms with E-state index in [0.717, 1.165) is 22.1 Å². The van der Waals surface area contributed by atoms with E-state index in [1.165, 1.54) is 5.56 Å². The summed E-state index contributed by atoms with van der Waals surface area (Å²) >= 11 is 9.58. The van der Waals surface area contributed by atoms with Gasteiger partial charge in [0.15, 0.2) is 0 Å². The summed E-state index contributed by atoms with van der Waals surface area (Å²) in [6, 6.07) is 13.9. The van der Waals surface area contributed by atoms with E-state index in [2.05, 4.69) is 33.4 Å². The molecule has 0 saturated heterocycles. The maximum absolute atomic E-state index is 12.3. The van der Waals surface area contributed by atoms with Gasteiger partial charge in [-0.1, -0.05) is 41.9 Å². The molecule has 2 aromatic rings. The number of halogens is 2. The zero-order valence-electron chi connectivity index (χ0n) is 11.6. The third-order valence-electron chi connectivity index (χ3n) is 3.86. The topological polar surface area (TPSA) is 29.1 Å². The highest BCUT2D eigenvalue weighted by atomic mass is 79.9. The van der Waals surface area contributed by atoms with E-state index in [1.807, 2.05) is 31.2 Å². The van der Waals surface area contributed by atoms with Crippen molar-refractivity contribution in [3.8, 4) is 0 Å². The van der Waals surface area contributed by atoms with Crippen molar-refractivity contribution in [2.45, 2.75) is 19.3 Å². The Hall–Kier alpha value is -1.32. The molecule has 0 spiro atoms. The van der Waals surface area contributed by atoms with Crippen LogP contribution in [0.25, 0.3) is 0 Å². The molecule has 3 rings (SSSR count). The normalized spacial score (nSPS) is 20.1. The Bertz CT molecular complexity index is 687. The van der Waals surface area contributed by atoms with Crippen LogP contribution in [-0.4, -0.2) is 5.91 Å². The van der Waals surface area contributed by atoms with Gasteiger partial charge in [-0.3, -0.25) is 4.79 Å². The predicted molar refractivity (Wildman–Crippen MR) is 89.8 cm³/mol. The molecule has 0 aromatic heterocycles.